The van der Waals surface area contributed by atoms with Crippen molar-refractivity contribution in [3.63, 3.8) is 0 Å². The van der Waals surface area contributed by atoms with Crippen molar-refractivity contribution in [3.8, 4) is 5.75 Å². The molecular weight excluding hydrogens is 240 g/mol. The second-order valence-corrected chi connectivity index (χ2v) is 4.09. The lowest BCUT2D eigenvalue weighted by atomic mass is 10.2. The number of rotatable bonds is 4. The summed E-state index contributed by atoms with van der Waals surface area (Å²) in [5.74, 6) is 0.570. The lowest BCUT2D eigenvalue weighted by Crippen LogP contribution is -2.06. The molecule has 2 N–H and O–H groups in total. The van der Waals surface area contributed by atoms with Crippen molar-refractivity contribution in [2.24, 2.45) is 0 Å². The Morgan fingerprint density at radius 2 is 1.79 bits per heavy atom. The maximum Gasteiger partial charge on any atom is 0.221 e. The molecule has 19 heavy (non-hydrogen) atoms. The molecule has 98 valence electrons. The standard InChI is InChI=1S/C15H16N2O2/c1-11(18)16-13-8-9-14(15(10-13)19-2)17-12-6-4-3-5-7-12/h3-10,17H,1-2H3,(H,16,18). The molecule has 0 fully saturated rings. The number of methoxy groups -OCH3 is 1. The predicted molar refractivity (Wildman–Crippen MR) is 77.0 cm³/mol. The van der Waals surface area contributed by atoms with Crippen LogP contribution in [-0.2, 0) is 4.79 Å². The van der Waals surface area contributed by atoms with Crippen LogP contribution in [-0.4, -0.2) is 13.0 Å². The van der Waals surface area contributed by atoms with Crippen LogP contribution in [0.3, 0.4) is 0 Å². The number of carbonyl (C=O) groups is 1. The topological polar surface area (TPSA) is 50.4 Å². The number of amides is 1. The van der Waals surface area contributed by atoms with E-state index in [-0.39, 0.29) is 5.91 Å². The Balaban J connectivity index is 2.23. The summed E-state index contributed by atoms with van der Waals surface area (Å²) in [4.78, 5) is 11.0. The fraction of sp³-hybridized carbons (Fsp3) is 0.133. The quantitative estimate of drug-likeness (QED) is 0.881. The number of para-hydroxylation sites is 1. The molecule has 0 aliphatic rings. The molecule has 0 aromatic heterocycles. The van der Waals surface area contributed by atoms with Crippen LogP contribution in [0, 0.1) is 0 Å². The van der Waals surface area contributed by atoms with Crippen molar-refractivity contribution in [3.05, 3.63) is 48.5 Å². The van der Waals surface area contributed by atoms with Gasteiger partial charge in [0, 0.05) is 24.4 Å². The summed E-state index contributed by atoms with van der Waals surface area (Å²) < 4.78 is 5.33. The van der Waals surface area contributed by atoms with Crippen LogP contribution in [0.25, 0.3) is 0 Å². The van der Waals surface area contributed by atoms with Crippen molar-refractivity contribution in [2.45, 2.75) is 6.92 Å². The summed E-state index contributed by atoms with van der Waals surface area (Å²) >= 11 is 0. The largest absolute Gasteiger partial charge is 0.494 e. The zero-order chi connectivity index (χ0) is 13.7. The van der Waals surface area contributed by atoms with E-state index in [2.05, 4.69) is 10.6 Å². The summed E-state index contributed by atoms with van der Waals surface area (Å²) in [6.07, 6.45) is 0. The van der Waals surface area contributed by atoms with Gasteiger partial charge in [-0.2, -0.15) is 0 Å². The van der Waals surface area contributed by atoms with Crippen molar-refractivity contribution in [2.75, 3.05) is 17.7 Å². The lowest BCUT2D eigenvalue weighted by molar-refractivity contribution is -0.114. The maximum atomic E-state index is 11.0. The zero-order valence-electron chi connectivity index (χ0n) is 10.9. The van der Waals surface area contributed by atoms with E-state index in [9.17, 15) is 4.79 Å². The van der Waals surface area contributed by atoms with Gasteiger partial charge in [-0.3, -0.25) is 4.79 Å². The van der Waals surface area contributed by atoms with Crippen LogP contribution in [0.1, 0.15) is 6.92 Å². The average Bonchev–Trinajstić information content (AvgIpc) is 2.41. The molecule has 0 spiro atoms. The van der Waals surface area contributed by atoms with E-state index in [0.29, 0.717) is 11.4 Å². The maximum absolute atomic E-state index is 11.0. The highest BCUT2D eigenvalue weighted by Gasteiger charge is 2.05. The highest BCUT2D eigenvalue weighted by molar-refractivity contribution is 5.89. The van der Waals surface area contributed by atoms with Gasteiger partial charge < -0.3 is 15.4 Å². The number of carbonyl (C=O) groups excluding carboxylic acids is 1. The third kappa shape index (κ3) is 3.48. The van der Waals surface area contributed by atoms with Crippen LogP contribution < -0.4 is 15.4 Å². The number of ether oxygens (including phenoxy) is 1. The van der Waals surface area contributed by atoms with Gasteiger partial charge in [0.1, 0.15) is 5.75 Å². The molecule has 2 aromatic carbocycles. The second-order valence-electron chi connectivity index (χ2n) is 4.09. The normalized spacial score (nSPS) is 9.79. The molecule has 4 nitrogen and oxygen atoms in total. The third-order valence-electron chi connectivity index (χ3n) is 2.57. The number of nitrogens with one attached hydrogen (secondary N) is 2. The molecule has 0 radical (unpaired) electrons. The van der Waals surface area contributed by atoms with E-state index in [0.717, 1.165) is 11.4 Å². The summed E-state index contributed by atoms with van der Waals surface area (Å²) in [5, 5.41) is 5.99. The first-order valence-electron chi connectivity index (χ1n) is 5.97. The minimum atomic E-state index is -0.106. The third-order valence-corrected chi connectivity index (χ3v) is 2.57. The summed E-state index contributed by atoms with van der Waals surface area (Å²) in [6, 6.07) is 15.3. The molecule has 2 aromatic rings. The van der Waals surface area contributed by atoms with Gasteiger partial charge in [0.25, 0.3) is 0 Å². The first-order chi connectivity index (χ1) is 9.19. The zero-order valence-corrected chi connectivity index (χ0v) is 10.9. The molecule has 0 aliphatic carbocycles. The molecule has 0 saturated heterocycles. The van der Waals surface area contributed by atoms with Crippen molar-refractivity contribution < 1.29 is 9.53 Å². The van der Waals surface area contributed by atoms with Crippen LogP contribution in [0.2, 0.25) is 0 Å². The van der Waals surface area contributed by atoms with Crippen LogP contribution >= 0.6 is 0 Å². The van der Waals surface area contributed by atoms with E-state index < -0.39 is 0 Å². The van der Waals surface area contributed by atoms with Crippen LogP contribution in [0.5, 0.6) is 5.75 Å². The Morgan fingerprint density at radius 1 is 1.05 bits per heavy atom. The molecule has 0 bridgehead atoms. The summed E-state index contributed by atoms with van der Waals surface area (Å²) in [7, 11) is 1.60. The number of benzene rings is 2. The molecule has 0 heterocycles. The highest BCUT2D eigenvalue weighted by atomic mass is 16.5. The minimum absolute atomic E-state index is 0.106. The smallest absolute Gasteiger partial charge is 0.221 e. The highest BCUT2D eigenvalue weighted by Crippen LogP contribution is 2.30. The van der Waals surface area contributed by atoms with Gasteiger partial charge >= 0.3 is 0 Å². The Bertz CT molecular complexity index is 568. The number of hydrogen-bond donors (Lipinski definition) is 2. The first-order valence-corrected chi connectivity index (χ1v) is 5.97. The van der Waals surface area contributed by atoms with Gasteiger partial charge in [0.05, 0.1) is 12.8 Å². The van der Waals surface area contributed by atoms with Gasteiger partial charge in [0.2, 0.25) is 5.91 Å². The molecular formula is C15H16N2O2. The van der Waals surface area contributed by atoms with Gasteiger partial charge in [-0.25, -0.2) is 0 Å². The monoisotopic (exact) mass is 256 g/mol. The Hall–Kier alpha value is -2.49. The van der Waals surface area contributed by atoms with Crippen molar-refractivity contribution >= 4 is 23.0 Å². The molecule has 0 aliphatic heterocycles. The fourth-order valence-electron chi connectivity index (χ4n) is 1.75. The molecule has 1 amide bonds. The minimum Gasteiger partial charge on any atom is -0.494 e. The van der Waals surface area contributed by atoms with Crippen molar-refractivity contribution in [1.82, 2.24) is 0 Å². The Morgan fingerprint density at radius 3 is 2.42 bits per heavy atom. The van der Waals surface area contributed by atoms with Gasteiger partial charge in [-0.15, -0.1) is 0 Å². The first kappa shape index (κ1) is 13.0. The SMILES string of the molecule is COc1cc(NC(C)=O)ccc1Nc1ccccc1. The van der Waals surface area contributed by atoms with E-state index in [1.807, 2.05) is 42.5 Å². The molecule has 0 saturated carbocycles. The molecule has 4 heteroatoms. The summed E-state index contributed by atoms with van der Waals surface area (Å²) in [6.45, 7) is 1.47. The fourth-order valence-corrected chi connectivity index (χ4v) is 1.75. The van der Waals surface area contributed by atoms with E-state index >= 15 is 0 Å². The molecule has 0 unspecified atom stereocenters. The second kappa shape index (κ2) is 5.91. The number of anilines is 3. The summed E-state index contributed by atoms with van der Waals surface area (Å²) in [5.41, 5.74) is 2.54. The predicted octanol–water partition coefficient (Wildman–Crippen LogP) is 3.40. The molecule has 0 atom stereocenters. The van der Waals surface area contributed by atoms with E-state index in [4.69, 9.17) is 4.74 Å². The van der Waals surface area contributed by atoms with Gasteiger partial charge in [-0.05, 0) is 24.3 Å². The van der Waals surface area contributed by atoms with Gasteiger partial charge in [0.15, 0.2) is 0 Å². The average molecular weight is 256 g/mol. The Labute approximate surface area is 112 Å². The van der Waals surface area contributed by atoms with E-state index in [1.165, 1.54) is 6.92 Å². The van der Waals surface area contributed by atoms with E-state index in [1.54, 1.807) is 13.2 Å². The van der Waals surface area contributed by atoms with Crippen LogP contribution in [0.15, 0.2) is 48.5 Å². The number of hydrogen-bond acceptors (Lipinski definition) is 3. The Kier molecular flexibility index (Phi) is 4.03. The van der Waals surface area contributed by atoms with Crippen LogP contribution in [0.4, 0.5) is 17.1 Å². The lowest BCUT2D eigenvalue weighted by Gasteiger charge is -2.13. The van der Waals surface area contributed by atoms with Crippen molar-refractivity contribution in [1.29, 1.82) is 0 Å². The molecule has 2 rings (SSSR count). The van der Waals surface area contributed by atoms with Gasteiger partial charge in [-0.1, -0.05) is 18.2 Å².